The Kier molecular flexibility index (Phi) is 5.53. The summed E-state index contributed by atoms with van der Waals surface area (Å²) >= 11 is -1.16. The topological polar surface area (TPSA) is 128 Å². The Morgan fingerprint density at radius 3 is 2.81 bits per heavy atom. The van der Waals surface area contributed by atoms with Gasteiger partial charge in [-0.25, -0.2) is 4.68 Å². The molecule has 0 aliphatic carbocycles. The molecule has 1 aromatic heterocycles. The van der Waals surface area contributed by atoms with E-state index in [1.54, 1.807) is 40.5 Å². The number of hydrogen-bond acceptors (Lipinski definition) is 6. The van der Waals surface area contributed by atoms with Gasteiger partial charge in [0.15, 0.2) is 5.69 Å². The Bertz CT molecular complexity index is 1120. The van der Waals surface area contributed by atoms with E-state index < -0.39 is 28.8 Å². The smallest absolute Gasteiger partial charge is 0.269 e. The van der Waals surface area contributed by atoms with Crippen molar-refractivity contribution in [2.75, 3.05) is 26.4 Å². The first-order valence-corrected chi connectivity index (χ1v) is 11.3. The molecule has 0 bridgehead atoms. The lowest BCUT2D eigenvalue weighted by Crippen LogP contribution is -2.37. The van der Waals surface area contributed by atoms with Gasteiger partial charge in [0.25, 0.3) is 11.8 Å². The van der Waals surface area contributed by atoms with Crippen molar-refractivity contribution in [2.45, 2.75) is 25.0 Å². The van der Waals surface area contributed by atoms with Crippen LogP contribution in [0.3, 0.4) is 0 Å². The van der Waals surface area contributed by atoms with E-state index in [2.05, 4.69) is 16.9 Å². The Morgan fingerprint density at radius 2 is 2.16 bits per heavy atom. The summed E-state index contributed by atoms with van der Waals surface area (Å²) in [4.78, 5) is 25.6. The SMILES string of the molecule is CN1CCC(O)(C#Cc2cccc(-n3nc(C(N)=O)c4c3CCN([S@+](C)[O-])C4)c2)C1=O. The number of carbonyl (C=O) groups excluding carboxylic acids is 2. The maximum absolute atomic E-state index is 12.1. The highest BCUT2D eigenvalue weighted by Gasteiger charge is 2.42. The van der Waals surface area contributed by atoms with Crippen LogP contribution in [0.4, 0.5) is 0 Å². The molecule has 162 valence electrons. The maximum Gasteiger partial charge on any atom is 0.269 e. The van der Waals surface area contributed by atoms with Gasteiger partial charge in [0, 0.05) is 48.9 Å². The van der Waals surface area contributed by atoms with Gasteiger partial charge in [-0.3, -0.25) is 9.59 Å². The molecule has 2 amide bonds. The van der Waals surface area contributed by atoms with Gasteiger partial charge in [0.1, 0.15) is 6.26 Å². The fourth-order valence-corrected chi connectivity index (χ4v) is 4.55. The second-order valence-electron chi connectivity index (χ2n) is 7.72. The van der Waals surface area contributed by atoms with Crippen molar-refractivity contribution in [1.82, 2.24) is 19.0 Å². The van der Waals surface area contributed by atoms with Crippen LogP contribution in [0.1, 0.15) is 33.7 Å². The molecule has 10 heteroatoms. The van der Waals surface area contributed by atoms with Crippen molar-refractivity contribution >= 4 is 23.2 Å². The van der Waals surface area contributed by atoms with Gasteiger partial charge in [0.2, 0.25) is 5.60 Å². The van der Waals surface area contributed by atoms with E-state index in [0.717, 1.165) is 5.69 Å². The van der Waals surface area contributed by atoms with Crippen LogP contribution in [0.5, 0.6) is 0 Å². The van der Waals surface area contributed by atoms with E-state index in [1.165, 1.54) is 4.90 Å². The summed E-state index contributed by atoms with van der Waals surface area (Å²) < 4.78 is 15.3. The maximum atomic E-state index is 12.1. The summed E-state index contributed by atoms with van der Waals surface area (Å²) in [7, 11) is 1.63. The summed E-state index contributed by atoms with van der Waals surface area (Å²) in [6, 6.07) is 7.18. The number of nitrogens with two attached hydrogens (primary N) is 1. The van der Waals surface area contributed by atoms with Crippen LogP contribution in [0.2, 0.25) is 0 Å². The van der Waals surface area contributed by atoms with Crippen molar-refractivity contribution in [1.29, 1.82) is 0 Å². The summed E-state index contributed by atoms with van der Waals surface area (Å²) in [5.74, 6) is 4.56. The number of primary amides is 1. The second-order valence-corrected chi connectivity index (χ2v) is 9.09. The minimum absolute atomic E-state index is 0.163. The molecule has 1 aromatic carbocycles. The number of amides is 2. The summed E-state index contributed by atoms with van der Waals surface area (Å²) in [5, 5.41) is 14.9. The number of likely N-dealkylation sites (N-methyl/N-ethyl adjacent to an activating group) is 1. The highest BCUT2D eigenvalue weighted by Crippen LogP contribution is 2.27. The third kappa shape index (κ3) is 3.93. The molecule has 1 unspecified atom stereocenters. The number of benzene rings is 1. The fraction of sp³-hybridized carbons (Fsp3) is 0.381. The molecule has 0 spiro atoms. The minimum atomic E-state index is -1.67. The zero-order valence-corrected chi connectivity index (χ0v) is 18.1. The van der Waals surface area contributed by atoms with E-state index in [1.807, 2.05) is 6.07 Å². The number of fused-ring (bicyclic) bond motifs is 1. The zero-order chi connectivity index (χ0) is 22.3. The number of hydrogen-bond donors (Lipinski definition) is 2. The van der Waals surface area contributed by atoms with Crippen molar-refractivity contribution in [3.63, 3.8) is 0 Å². The molecular weight excluding hydrogens is 418 g/mol. The molecule has 2 aliphatic heterocycles. The summed E-state index contributed by atoms with van der Waals surface area (Å²) in [5.41, 5.74) is 6.84. The monoisotopic (exact) mass is 441 g/mol. The van der Waals surface area contributed by atoms with Gasteiger partial charge in [-0.15, -0.1) is 4.31 Å². The van der Waals surface area contributed by atoms with E-state index >= 15 is 0 Å². The van der Waals surface area contributed by atoms with Crippen LogP contribution < -0.4 is 5.73 Å². The molecule has 4 rings (SSSR count). The van der Waals surface area contributed by atoms with Gasteiger partial charge in [-0.1, -0.05) is 17.9 Å². The van der Waals surface area contributed by atoms with Crippen LogP contribution in [0.25, 0.3) is 5.69 Å². The molecule has 1 saturated heterocycles. The third-order valence-electron chi connectivity index (χ3n) is 5.63. The van der Waals surface area contributed by atoms with Crippen LogP contribution in [0.15, 0.2) is 24.3 Å². The van der Waals surface area contributed by atoms with Crippen molar-refractivity contribution < 1.29 is 19.2 Å². The summed E-state index contributed by atoms with van der Waals surface area (Å²) in [6.45, 7) is 1.36. The molecule has 9 nitrogen and oxygen atoms in total. The van der Waals surface area contributed by atoms with Crippen LogP contribution in [-0.4, -0.2) is 72.5 Å². The van der Waals surface area contributed by atoms with Crippen molar-refractivity contribution in [3.05, 3.63) is 46.8 Å². The third-order valence-corrected chi connectivity index (χ3v) is 6.67. The highest BCUT2D eigenvalue weighted by atomic mass is 32.2. The van der Waals surface area contributed by atoms with E-state index in [9.17, 15) is 19.2 Å². The average Bonchev–Trinajstić information content (AvgIpc) is 3.26. The molecule has 1 fully saturated rings. The fourth-order valence-electron chi connectivity index (χ4n) is 3.89. The van der Waals surface area contributed by atoms with Gasteiger partial charge >= 0.3 is 0 Å². The molecule has 2 aliphatic rings. The largest absolute Gasteiger partial charge is 0.598 e. The number of aliphatic hydroxyl groups is 1. The first-order chi connectivity index (χ1) is 14.7. The normalized spacial score (nSPS) is 22.1. The van der Waals surface area contributed by atoms with E-state index in [-0.39, 0.29) is 12.1 Å². The minimum Gasteiger partial charge on any atom is -0.598 e. The Morgan fingerprint density at radius 1 is 1.39 bits per heavy atom. The Labute approximate surface area is 183 Å². The second kappa shape index (κ2) is 8.01. The molecule has 2 atom stereocenters. The van der Waals surface area contributed by atoms with E-state index in [4.69, 9.17) is 5.73 Å². The van der Waals surface area contributed by atoms with Gasteiger partial charge in [-0.05, 0) is 18.2 Å². The molecule has 0 saturated carbocycles. The van der Waals surface area contributed by atoms with Crippen LogP contribution in [-0.2, 0) is 29.1 Å². The zero-order valence-electron chi connectivity index (χ0n) is 17.3. The quantitative estimate of drug-likeness (QED) is 0.491. The number of carbonyl (C=O) groups is 2. The lowest BCUT2D eigenvalue weighted by molar-refractivity contribution is -0.137. The lowest BCUT2D eigenvalue weighted by atomic mass is 10.0. The van der Waals surface area contributed by atoms with Gasteiger partial charge in [-0.2, -0.15) is 5.10 Å². The standard InChI is InChI=1S/C21H23N5O4S/c1-24-11-9-21(29,20(24)28)8-6-14-4-3-5-15(12-14)26-17-7-10-25(31(2)30)13-16(17)18(23-26)19(22)27/h3-5,12,29H,7,9-11,13H2,1-2H3,(H2,22,27)/t21?,31-/m0/s1. The average molecular weight is 442 g/mol. The Balaban J connectivity index is 1.70. The van der Waals surface area contributed by atoms with Crippen molar-refractivity contribution in [3.8, 4) is 17.5 Å². The number of aromatic nitrogens is 2. The number of rotatable bonds is 3. The molecule has 3 heterocycles. The van der Waals surface area contributed by atoms with E-state index in [0.29, 0.717) is 42.9 Å². The molecule has 0 radical (unpaired) electrons. The molecule has 2 aromatic rings. The van der Waals surface area contributed by atoms with Gasteiger partial charge in [0.05, 0.1) is 24.5 Å². The predicted octanol–water partition coefficient (Wildman–Crippen LogP) is -0.432. The first kappa shape index (κ1) is 21.4. The number of likely N-dealkylation sites (tertiary alicyclic amines) is 1. The summed E-state index contributed by atoms with van der Waals surface area (Å²) in [6.07, 6.45) is 2.42. The molecule has 31 heavy (non-hydrogen) atoms. The van der Waals surface area contributed by atoms with Gasteiger partial charge < -0.3 is 20.3 Å². The number of nitrogens with zero attached hydrogens (tertiary/aromatic N) is 4. The Hall–Kier alpha value is -2.84. The highest BCUT2D eigenvalue weighted by molar-refractivity contribution is 7.88. The van der Waals surface area contributed by atoms with Crippen molar-refractivity contribution in [2.24, 2.45) is 5.73 Å². The van der Waals surface area contributed by atoms with Crippen LogP contribution in [0, 0.1) is 11.8 Å². The lowest BCUT2D eigenvalue weighted by Gasteiger charge is -2.26. The molecular formula is C21H23N5O4S. The predicted molar refractivity (Wildman–Crippen MR) is 114 cm³/mol. The molecule has 3 N–H and O–H groups in total. The van der Waals surface area contributed by atoms with Crippen LogP contribution >= 0.6 is 0 Å². The first-order valence-electron chi connectivity index (χ1n) is 9.80.